The molecule has 22 heavy (non-hydrogen) atoms. The first kappa shape index (κ1) is 13.9. The maximum absolute atomic E-state index is 13.4. The van der Waals surface area contributed by atoms with Gasteiger partial charge in [-0.05, 0) is 12.8 Å². The van der Waals surface area contributed by atoms with Crippen LogP contribution in [-0.4, -0.2) is 46.0 Å². The molecule has 1 unspecified atom stereocenters. The Morgan fingerprint density at radius 2 is 2.00 bits per heavy atom. The first-order valence-corrected chi connectivity index (χ1v) is 10.2. The van der Waals surface area contributed by atoms with Crippen molar-refractivity contribution in [1.29, 1.82) is 0 Å². The minimum absolute atomic E-state index is 0.0135. The highest BCUT2D eigenvalue weighted by Crippen LogP contribution is 2.74. The molecule has 0 radical (unpaired) electrons. The molecule has 124 valence electrons. The standard InChI is InChI=1S/C11H20N4O5P2/c16-11(9-15-6-5-12-10-15,21(17)13-3-1-4-14-21)22(18)19-7-2-8-20-22/h5-6,10,16H,1-4,7-9H2,(H2,13,14,17)/i9D2. The normalized spacial score (nSPS) is 29.1. The minimum Gasteiger partial charge on any atom is -0.368 e. The number of hydrogen-bond donors (Lipinski definition) is 3. The highest BCUT2D eigenvalue weighted by Gasteiger charge is 2.63. The van der Waals surface area contributed by atoms with E-state index < -0.39 is 26.6 Å². The van der Waals surface area contributed by atoms with Gasteiger partial charge in [0.05, 0.1) is 28.8 Å². The van der Waals surface area contributed by atoms with E-state index in [1.807, 2.05) is 0 Å². The van der Waals surface area contributed by atoms with Crippen molar-refractivity contribution >= 4 is 15.0 Å². The number of hydrogen-bond acceptors (Lipinski definition) is 6. The smallest absolute Gasteiger partial charge is 0.368 e. The van der Waals surface area contributed by atoms with Crippen LogP contribution in [0.2, 0.25) is 0 Å². The van der Waals surface area contributed by atoms with E-state index in [4.69, 9.17) is 11.8 Å². The summed E-state index contributed by atoms with van der Waals surface area (Å²) < 4.78 is 54.8. The summed E-state index contributed by atoms with van der Waals surface area (Å²) in [6, 6.07) is 0. The predicted octanol–water partition coefficient (Wildman–Crippen LogP) is 0.935. The predicted molar refractivity (Wildman–Crippen MR) is 79.5 cm³/mol. The number of nitrogens with zero attached hydrogens (tertiary/aromatic N) is 2. The van der Waals surface area contributed by atoms with E-state index in [2.05, 4.69) is 15.2 Å². The zero-order chi connectivity index (χ0) is 17.5. The van der Waals surface area contributed by atoms with Gasteiger partial charge in [-0.2, -0.15) is 0 Å². The van der Waals surface area contributed by atoms with Gasteiger partial charge in [0.1, 0.15) is 0 Å². The van der Waals surface area contributed by atoms with Gasteiger partial charge in [0.2, 0.25) is 0 Å². The van der Waals surface area contributed by atoms with Crippen molar-refractivity contribution in [2.24, 2.45) is 0 Å². The number of nitrogens with one attached hydrogen (secondary N) is 2. The van der Waals surface area contributed by atoms with Gasteiger partial charge in [-0.15, -0.1) is 0 Å². The van der Waals surface area contributed by atoms with Gasteiger partial charge in [-0.25, -0.2) is 4.98 Å². The molecular weight excluding hydrogens is 330 g/mol. The fraction of sp³-hybridized carbons (Fsp3) is 0.727. The lowest BCUT2D eigenvalue weighted by atomic mass is 10.4. The summed E-state index contributed by atoms with van der Waals surface area (Å²) >= 11 is 0. The van der Waals surface area contributed by atoms with E-state index >= 15 is 0 Å². The Morgan fingerprint density at radius 1 is 1.32 bits per heavy atom. The van der Waals surface area contributed by atoms with Crippen LogP contribution in [0.3, 0.4) is 0 Å². The molecule has 2 fully saturated rings. The van der Waals surface area contributed by atoms with Crippen molar-refractivity contribution in [2.75, 3.05) is 26.3 Å². The highest BCUT2D eigenvalue weighted by molar-refractivity contribution is 7.76. The first-order chi connectivity index (χ1) is 11.3. The minimum atomic E-state index is -4.49. The Bertz CT molecular complexity index is 634. The lowest BCUT2D eigenvalue weighted by Crippen LogP contribution is -2.48. The molecule has 0 spiro atoms. The second-order valence-electron chi connectivity index (χ2n) is 5.01. The summed E-state index contributed by atoms with van der Waals surface area (Å²) in [7, 11) is -8.60. The lowest BCUT2D eigenvalue weighted by Gasteiger charge is -2.43. The molecule has 1 aromatic rings. The fourth-order valence-corrected chi connectivity index (χ4v) is 7.60. The number of aliphatic hydroxyl groups is 1. The molecule has 0 bridgehead atoms. The van der Waals surface area contributed by atoms with Crippen molar-refractivity contribution in [2.45, 2.75) is 24.4 Å². The third-order valence-corrected chi connectivity index (χ3v) is 9.24. The molecule has 2 saturated heterocycles. The van der Waals surface area contributed by atoms with Crippen LogP contribution in [0.15, 0.2) is 18.7 Å². The van der Waals surface area contributed by atoms with Crippen LogP contribution in [0, 0.1) is 0 Å². The van der Waals surface area contributed by atoms with Crippen LogP contribution in [0.1, 0.15) is 15.6 Å². The Morgan fingerprint density at radius 3 is 2.59 bits per heavy atom. The van der Waals surface area contributed by atoms with E-state index in [1.165, 1.54) is 12.4 Å². The second kappa shape index (κ2) is 6.17. The third-order valence-electron chi connectivity index (χ3n) is 3.44. The number of rotatable bonds is 4. The molecule has 0 saturated carbocycles. The average Bonchev–Trinajstić information content (AvgIpc) is 3.10. The molecule has 9 nitrogen and oxygen atoms in total. The highest BCUT2D eigenvalue weighted by atomic mass is 31.2. The number of aromatic nitrogens is 2. The molecule has 3 rings (SSSR count). The van der Waals surface area contributed by atoms with Gasteiger partial charge < -0.3 is 18.7 Å². The Labute approximate surface area is 131 Å². The molecule has 11 heteroatoms. The van der Waals surface area contributed by atoms with Gasteiger partial charge in [0.25, 0.3) is 12.5 Å². The van der Waals surface area contributed by atoms with Gasteiger partial charge in [-0.1, -0.05) is 0 Å². The van der Waals surface area contributed by atoms with E-state index in [0.717, 1.165) is 10.9 Å². The SMILES string of the molecule is [2H]C([2H])(n1ccnc1)C(O)(P1(=O)NCCCN1)P1(=O)OCCCO1. The van der Waals surface area contributed by atoms with Crippen LogP contribution in [0.25, 0.3) is 0 Å². The van der Waals surface area contributed by atoms with Crippen LogP contribution < -0.4 is 10.2 Å². The Kier molecular flexibility index (Phi) is 3.89. The summed E-state index contributed by atoms with van der Waals surface area (Å²) in [6.07, 6.45) is 4.72. The van der Waals surface area contributed by atoms with Crippen molar-refractivity contribution in [3.05, 3.63) is 18.7 Å². The summed E-state index contributed by atoms with van der Waals surface area (Å²) in [6.45, 7) is -2.21. The monoisotopic (exact) mass is 352 g/mol. The van der Waals surface area contributed by atoms with Gasteiger partial charge >= 0.3 is 7.60 Å². The molecule has 0 amide bonds. The average molecular weight is 352 g/mol. The van der Waals surface area contributed by atoms with Crippen molar-refractivity contribution in [3.63, 3.8) is 0 Å². The molecule has 0 aromatic carbocycles. The quantitative estimate of drug-likeness (QED) is 0.686. The molecule has 0 aliphatic carbocycles. The first-order valence-electron chi connectivity index (χ1n) is 7.97. The van der Waals surface area contributed by atoms with Crippen molar-refractivity contribution < 1.29 is 26.0 Å². The fourth-order valence-electron chi connectivity index (χ4n) is 2.29. The summed E-state index contributed by atoms with van der Waals surface area (Å²) in [4.78, 5) is 3.75. The molecule has 2 aliphatic rings. The summed E-state index contributed by atoms with van der Waals surface area (Å²) in [5, 5.41) is 13.6. The van der Waals surface area contributed by atoms with E-state index in [0.29, 0.717) is 12.8 Å². The van der Waals surface area contributed by atoms with Crippen molar-refractivity contribution in [3.8, 4) is 0 Å². The van der Waals surface area contributed by atoms with E-state index in [-0.39, 0.29) is 26.3 Å². The molecule has 1 aromatic heterocycles. The van der Waals surface area contributed by atoms with E-state index in [9.17, 15) is 14.2 Å². The van der Waals surface area contributed by atoms with Crippen LogP contribution in [0.5, 0.6) is 0 Å². The van der Waals surface area contributed by atoms with Crippen LogP contribution >= 0.6 is 15.0 Å². The Balaban J connectivity index is 2.17. The zero-order valence-corrected chi connectivity index (χ0v) is 13.6. The maximum atomic E-state index is 13.4. The van der Waals surface area contributed by atoms with Gasteiger partial charge in [-0.3, -0.25) is 19.3 Å². The molecule has 2 aliphatic heterocycles. The molecular formula is C11H20N4O5P2. The molecule has 1 atom stereocenters. The largest absolute Gasteiger partial charge is 0.374 e. The van der Waals surface area contributed by atoms with Crippen LogP contribution in [0.4, 0.5) is 0 Å². The lowest BCUT2D eigenvalue weighted by molar-refractivity contribution is 0.0758. The number of imidazole rings is 1. The topological polar surface area (TPSA) is 115 Å². The molecule has 3 heterocycles. The van der Waals surface area contributed by atoms with Gasteiger partial charge in [0.15, 0.2) is 0 Å². The Hall–Kier alpha value is -0.530. The summed E-state index contributed by atoms with van der Waals surface area (Å²) in [5.41, 5.74) is 0. The van der Waals surface area contributed by atoms with Gasteiger partial charge in [0, 0.05) is 25.5 Å². The molecule has 3 N–H and O–H groups in total. The van der Waals surface area contributed by atoms with Crippen molar-refractivity contribution in [1.82, 2.24) is 19.7 Å². The third kappa shape index (κ3) is 2.71. The maximum Gasteiger partial charge on any atom is 0.374 e. The van der Waals surface area contributed by atoms with Crippen LogP contribution in [-0.2, 0) is 24.7 Å². The summed E-state index contributed by atoms with van der Waals surface area (Å²) in [5.74, 6) is 0. The van der Waals surface area contributed by atoms with E-state index in [1.54, 1.807) is 0 Å². The zero-order valence-electron chi connectivity index (χ0n) is 13.8. The second-order valence-corrected chi connectivity index (χ2v) is 10.0.